The van der Waals surface area contributed by atoms with E-state index in [9.17, 15) is 9.59 Å². The topological polar surface area (TPSA) is 63.6 Å². The Hall–Kier alpha value is -1.84. The van der Waals surface area contributed by atoms with Crippen LogP contribution in [0.15, 0.2) is 18.2 Å². The minimum atomic E-state index is -1.13. The number of carbonyl (C=O) groups excluding carboxylic acids is 1. The molecule has 0 aromatic heterocycles. The smallest absolute Gasteiger partial charge is 0.340 e. The second-order valence-corrected chi connectivity index (χ2v) is 3.46. The molecule has 0 saturated heterocycles. The molecule has 0 amide bonds. The summed E-state index contributed by atoms with van der Waals surface area (Å²) >= 11 is 0. The first-order chi connectivity index (χ1) is 7.22. The lowest BCUT2D eigenvalue weighted by Gasteiger charge is -2.09. The normalized spacial score (nSPS) is 14.7. The van der Waals surface area contributed by atoms with E-state index in [2.05, 4.69) is 0 Å². The van der Waals surface area contributed by atoms with Gasteiger partial charge in [0, 0.05) is 5.56 Å². The molecular weight excluding hydrogens is 196 g/mol. The molecule has 0 atom stereocenters. The average Bonchev–Trinajstić information content (AvgIpc) is 3.01. The highest BCUT2D eigenvalue weighted by Gasteiger charge is 2.26. The van der Waals surface area contributed by atoms with Crippen LogP contribution in [0.3, 0.4) is 0 Å². The molecule has 1 aliphatic rings. The lowest BCUT2D eigenvalue weighted by Crippen LogP contribution is -2.07. The number of carboxylic acid groups (broad SMARTS) is 1. The number of aromatic carboxylic acids is 1. The van der Waals surface area contributed by atoms with Crippen LogP contribution in [0.2, 0.25) is 0 Å². The molecule has 0 heterocycles. The Labute approximate surface area is 86.5 Å². The molecule has 0 radical (unpaired) electrons. The van der Waals surface area contributed by atoms with Gasteiger partial charge in [0.1, 0.15) is 11.3 Å². The molecule has 0 spiro atoms. The second-order valence-electron chi connectivity index (χ2n) is 3.46. The van der Waals surface area contributed by atoms with Crippen molar-refractivity contribution >= 4 is 12.3 Å². The maximum Gasteiger partial charge on any atom is 0.340 e. The fraction of sp³-hybridized carbons (Fsp3) is 0.273. The van der Waals surface area contributed by atoms with Gasteiger partial charge in [-0.05, 0) is 18.9 Å². The van der Waals surface area contributed by atoms with Gasteiger partial charge in [0.15, 0.2) is 6.29 Å². The summed E-state index contributed by atoms with van der Waals surface area (Å²) in [6, 6.07) is 4.67. The number of rotatable bonds is 4. The predicted octanol–water partition coefficient (Wildman–Crippen LogP) is 1.74. The fourth-order valence-corrected chi connectivity index (χ4v) is 1.34. The lowest BCUT2D eigenvalue weighted by molar-refractivity contribution is 0.0689. The summed E-state index contributed by atoms with van der Waals surface area (Å²) in [6.45, 7) is 0. The molecule has 1 N–H and O–H groups in total. The highest BCUT2D eigenvalue weighted by atomic mass is 16.5. The van der Waals surface area contributed by atoms with Gasteiger partial charge in [0.2, 0.25) is 0 Å². The van der Waals surface area contributed by atoms with Crippen molar-refractivity contribution in [1.29, 1.82) is 0 Å². The van der Waals surface area contributed by atoms with E-state index in [0.717, 1.165) is 12.8 Å². The van der Waals surface area contributed by atoms with E-state index in [4.69, 9.17) is 9.84 Å². The summed E-state index contributed by atoms with van der Waals surface area (Å²) in [6.07, 6.45) is 2.54. The van der Waals surface area contributed by atoms with Crippen molar-refractivity contribution in [2.24, 2.45) is 0 Å². The third-order valence-corrected chi connectivity index (χ3v) is 2.22. The molecule has 4 heteroatoms. The molecule has 1 aliphatic carbocycles. The molecule has 78 valence electrons. The van der Waals surface area contributed by atoms with Gasteiger partial charge in [-0.2, -0.15) is 0 Å². The third-order valence-electron chi connectivity index (χ3n) is 2.22. The van der Waals surface area contributed by atoms with Crippen molar-refractivity contribution in [1.82, 2.24) is 0 Å². The van der Waals surface area contributed by atoms with E-state index in [1.165, 1.54) is 6.07 Å². The van der Waals surface area contributed by atoms with E-state index in [1.807, 2.05) is 0 Å². The summed E-state index contributed by atoms with van der Waals surface area (Å²) in [4.78, 5) is 21.6. The Morgan fingerprint density at radius 2 is 2.20 bits per heavy atom. The largest absolute Gasteiger partial charge is 0.490 e. The van der Waals surface area contributed by atoms with Crippen LogP contribution in [-0.4, -0.2) is 23.5 Å². The predicted molar refractivity (Wildman–Crippen MR) is 52.4 cm³/mol. The Morgan fingerprint density at radius 1 is 1.47 bits per heavy atom. The van der Waals surface area contributed by atoms with Crippen LogP contribution in [0.25, 0.3) is 0 Å². The van der Waals surface area contributed by atoms with Crippen molar-refractivity contribution in [3.8, 4) is 5.75 Å². The van der Waals surface area contributed by atoms with Crippen molar-refractivity contribution in [2.75, 3.05) is 0 Å². The Kier molecular flexibility index (Phi) is 2.41. The standard InChI is InChI=1S/C11H10O4/c12-6-7-2-1-3-9(10(7)11(13)14)15-8-4-5-8/h1-3,6,8H,4-5H2,(H,13,14). The number of hydrogen-bond donors (Lipinski definition) is 1. The molecule has 0 unspecified atom stereocenters. The zero-order valence-corrected chi connectivity index (χ0v) is 7.97. The van der Waals surface area contributed by atoms with Crippen LogP contribution in [0, 0.1) is 0 Å². The molecule has 1 aromatic rings. The van der Waals surface area contributed by atoms with Crippen LogP contribution in [0.4, 0.5) is 0 Å². The van der Waals surface area contributed by atoms with E-state index in [1.54, 1.807) is 12.1 Å². The highest BCUT2D eigenvalue weighted by Crippen LogP contribution is 2.30. The van der Waals surface area contributed by atoms with E-state index in [0.29, 0.717) is 6.29 Å². The van der Waals surface area contributed by atoms with E-state index in [-0.39, 0.29) is 23.0 Å². The fourth-order valence-electron chi connectivity index (χ4n) is 1.34. The quantitative estimate of drug-likeness (QED) is 0.762. The number of ether oxygens (including phenoxy) is 1. The van der Waals surface area contributed by atoms with Crippen molar-refractivity contribution in [3.63, 3.8) is 0 Å². The van der Waals surface area contributed by atoms with Gasteiger partial charge in [-0.15, -0.1) is 0 Å². The van der Waals surface area contributed by atoms with Crippen LogP contribution < -0.4 is 4.74 Å². The maximum atomic E-state index is 11.0. The molecule has 1 saturated carbocycles. The molecular formula is C11H10O4. The number of carboxylic acids is 1. The van der Waals surface area contributed by atoms with Gasteiger partial charge >= 0.3 is 5.97 Å². The summed E-state index contributed by atoms with van der Waals surface area (Å²) < 4.78 is 5.42. The number of benzene rings is 1. The SMILES string of the molecule is O=Cc1cccc(OC2CC2)c1C(=O)O. The molecule has 1 aromatic carbocycles. The minimum Gasteiger partial charge on any atom is -0.490 e. The first-order valence-corrected chi connectivity index (χ1v) is 4.70. The third kappa shape index (κ3) is 1.98. The van der Waals surface area contributed by atoms with E-state index >= 15 is 0 Å². The second kappa shape index (κ2) is 3.73. The van der Waals surface area contributed by atoms with Gasteiger partial charge in [-0.25, -0.2) is 4.79 Å². The van der Waals surface area contributed by atoms with Gasteiger partial charge in [0.25, 0.3) is 0 Å². The summed E-state index contributed by atoms with van der Waals surface area (Å²) in [5.41, 5.74) is 0.111. The van der Waals surface area contributed by atoms with E-state index < -0.39 is 5.97 Å². The zero-order chi connectivity index (χ0) is 10.8. The summed E-state index contributed by atoms with van der Waals surface area (Å²) in [5.74, 6) is -0.844. The molecule has 1 fully saturated rings. The first-order valence-electron chi connectivity index (χ1n) is 4.70. The van der Waals surface area contributed by atoms with Crippen molar-refractivity contribution in [2.45, 2.75) is 18.9 Å². The zero-order valence-electron chi connectivity index (χ0n) is 7.97. The molecule has 15 heavy (non-hydrogen) atoms. The molecule has 0 bridgehead atoms. The van der Waals surface area contributed by atoms with Gasteiger partial charge in [0.05, 0.1) is 6.10 Å². The van der Waals surface area contributed by atoms with Crippen LogP contribution in [0.5, 0.6) is 5.75 Å². The minimum absolute atomic E-state index is 0.0422. The monoisotopic (exact) mass is 206 g/mol. The van der Waals surface area contributed by atoms with Crippen molar-refractivity contribution < 1.29 is 19.4 Å². The van der Waals surface area contributed by atoms with Gasteiger partial charge < -0.3 is 9.84 Å². The van der Waals surface area contributed by atoms with Crippen LogP contribution in [0.1, 0.15) is 33.6 Å². The summed E-state index contributed by atoms with van der Waals surface area (Å²) in [5, 5.41) is 8.97. The first kappa shape index (κ1) is 9.71. The van der Waals surface area contributed by atoms with Crippen LogP contribution >= 0.6 is 0 Å². The van der Waals surface area contributed by atoms with Crippen LogP contribution in [-0.2, 0) is 0 Å². The number of aldehydes is 1. The van der Waals surface area contributed by atoms with Crippen molar-refractivity contribution in [3.05, 3.63) is 29.3 Å². The molecule has 0 aliphatic heterocycles. The Balaban J connectivity index is 2.41. The maximum absolute atomic E-state index is 11.0. The summed E-state index contributed by atoms with van der Waals surface area (Å²) in [7, 11) is 0. The number of hydrogen-bond acceptors (Lipinski definition) is 3. The molecule has 2 rings (SSSR count). The Bertz CT molecular complexity index is 407. The van der Waals surface area contributed by atoms with Gasteiger partial charge in [-0.3, -0.25) is 4.79 Å². The highest BCUT2D eigenvalue weighted by molar-refractivity contribution is 5.99. The lowest BCUT2D eigenvalue weighted by atomic mass is 10.1. The average molecular weight is 206 g/mol. The number of carbonyl (C=O) groups is 2. The molecule has 4 nitrogen and oxygen atoms in total. The van der Waals surface area contributed by atoms with Gasteiger partial charge in [-0.1, -0.05) is 12.1 Å². The Morgan fingerprint density at radius 3 is 2.73 bits per heavy atom.